The van der Waals surface area contributed by atoms with E-state index in [0.717, 1.165) is 12.3 Å². The van der Waals surface area contributed by atoms with Crippen molar-refractivity contribution in [3.8, 4) is 0 Å². The number of carbonyl (C=O) groups is 1. The van der Waals surface area contributed by atoms with E-state index in [1.54, 1.807) is 0 Å². The number of sulfonamides is 1. The number of aliphatic hydroxyl groups is 3. The van der Waals surface area contributed by atoms with Crippen LogP contribution < -0.4 is 10.0 Å². The Balaban J connectivity index is 1.53. The highest BCUT2D eigenvalue weighted by Crippen LogP contribution is 2.56. The van der Waals surface area contributed by atoms with Crippen molar-refractivity contribution in [2.75, 3.05) is 18.1 Å². The monoisotopic (exact) mass is 668 g/mol. The van der Waals surface area contributed by atoms with Crippen LogP contribution in [0.1, 0.15) is 43.0 Å². The van der Waals surface area contributed by atoms with Crippen LogP contribution in [0.15, 0.2) is 35.2 Å². The van der Waals surface area contributed by atoms with Crippen molar-refractivity contribution < 1.29 is 50.1 Å². The molecule has 0 radical (unpaired) electrons. The Labute approximate surface area is 252 Å². The number of nitrogens with one attached hydrogen (secondary N) is 2. The standard InChI is InChI=1S/C27H32ClF3N2O8S2/c1-13-5-15-7-17(10-18(13)27(15,37)11-22(34)23(35)12-32-42(2,38)39)43(40,41)24-6-14(3-4-19(24)28)26(36)33-16-8-20(29)25(31)21(30)9-16/h3-4,6,8-9,13,15,17-18,22-23,32,34-35,37H,5,7,10-12H2,1-2H3,(H,33,36)/t13-,15?,17+,18?,22?,23?,27+/m0/s1. The number of rotatable bonds is 10. The van der Waals surface area contributed by atoms with Crippen LogP contribution in [0.2, 0.25) is 5.02 Å². The number of amides is 1. The number of fused-ring (bicyclic) bond motifs is 2. The van der Waals surface area contributed by atoms with Crippen LogP contribution in [-0.4, -0.2) is 73.9 Å². The zero-order chi connectivity index (χ0) is 32.1. The van der Waals surface area contributed by atoms with Gasteiger partial charge in [0.2, 0.25) is 10.0 Å². The Hall–Kier alpha value is -2.27. The number of carbonyl (C=O) groups excluding carboxylic acids is 1. The highest BCUT2D eigenvalue weighted by atomic mass is 35.5. The molecule has 2 fully saturated rings. The summed E-state index contributed by atoms with van der Waals surface area (Å²) < 4.78 is 92.8. The maximum atomic E-state index is 13.8. The first-order chi connectivity index (χ1) is 19.8. The topological polar surface area (TPSA) is 170 Å². The molecule has 0 spiro atoms. The van der Waals surface area contributed by atoms with E-state index in [4.69, 9.17) is 11.6 Å². The molecule has 7 atom stereocenters. The van der Waals surface area contributed by atoms with E-state index >= 15 is 0 Å². The van der Waals surface area contributed by atoms with Crippen LogP contribution in [0.5, 0.6) is 0 Å². The van der Waals surface area contributed by atoms with Gasteiger partial charge in [-0.3, -0.25) is 4.79 Å². The third-order valence-corrected chi connectivity index (χ3v) is 11.8. The molecule has 4 unspecified atom stereocenters. The van der Waals surface area contributed by atoms with Gasteiger partial charge in [0.15, 0.2) is 27.3 Å². The summed E-state index contributed by atoms with van der Waals surface area (Å²) in [5, 5.41) is 33.5. The molecule has 1 amide bonds. The maximum absolute atomic E-state index is 13.8. The summed E-state index contributed by atoms with van der Waals surface area (Å²) in [5.74, 6) is -7.01. The highest BCUT2D eigenvalue weighted by Gasteiger charge is 2.59. The lowest BCUT2D eigenvalue weighted by Crippen LogP contribution is -2.52. The van der Waals surface area contributed by atoms with E-state index < -0.39 is 90.3 Å². The van der Waals surface area contributed by atoms with Gasteiger partial charge < -0.3 is 20.6 Å². The maximum Gasteiger partial charge on any atom is 0.255 e. The van der Waals surface area contributed by atoms with Crippen molar-refractivity contribution in [1.29, 1.82) is 0 Å². The van der Waals surface area contributed by atoms with Gasteiger partial charge in [-0.05, 0) is 55.2 Å². The second kappa shape index (κ2) is 12.3. The highest BCUT2D eigenvalue weighted by molar-refractivity contribution is 7.92. The normalized spacial score (nSPS) is 27.1. The largest absolute Gasteiger partial charge is 0.390 e. The zero-order valence-electron chi connectivity index (χ0n) is 23.1. The molecular weight excluding hydrogens is 637 g/mol. The van der Waals surface area contributed by atoms with E-state index in [1.165, 1.54) is 12.1 Å². The molecule has 0 aliphatic heterocycles. The number of halogens is 4. The minimum absolute atomic E-state index is 0.00896. The summed E-state index contributed by atoms with van der Waals surface area (Å²) in [6.07, 6.45) is -1.98. The molecular formula is C27H32ClF3N2O8S2. The lowest BCUT2D eigenvalue weighted by atomic mass is 9.70. The Morgan fingerprint density at radius 3 is 2.26 bits per heavy atom. The van der Waals surface area contributed by atoms with Crippen LogP contribution in [0, 0.1) is 35.2 Å². The fourth-order valence-corrected chi connectivity index (χ4v) is 9.18. The quantitative estimate of drug-likeness (QED) is 0.241. The molecule has 2 aromatic rings. The van der Waals surface area contributed by atoms with Crippen molar-refractivity contribution in [3.63, 3.8) is 0 Å². The first-order valence-corrected chi connectivity index (χ1v) is 17.2. The van der Waals surface area contributed by atoms with Gasteiger partial charge >= 0.3 is 0 Å². The van der Waals surface area contributed by atoms with Gasteiger partial charge in [0, 0.05) is 36.3 Å². The van der Waals surface area contributed by atoms with E-state index in [1.807, 2.05) is 6.92 Å². The van der Waals surface area contributed by atoms with E-state index in [-0.39, 0.29) is 40.7 Å². The molecule has 238 valence electrons. The summed E-state index contributed by atoms with van der Waals surface area (Å²) in [4.78, 5) is 12.4. The molecule has 0 heterocycles. The molecule has 0 saturated heterocycles. The van der Waals surface area contributed by atoms with E-state index in [9.17, 15) is 50.1 Å². The minimum Gasteiger partial charge on any atom is -0.390 e. The summed E-state index contributed by atoms with van der Waals surface area (Å²) in [6, 6.07) is 4.58. The van der Waals surface area contributed by atoms with Crippen molar-refractivity contribution in [3.05, 3.63) is 58.4 Å². The Kier molecular flexibility index (Phi) is 9.58. The van der Waals surface area contributed by atoms with Gasteiger partial charge in [-0.2, -0.15) is 0 Å². The lowest BCUT2D eigenvalue weighted by Gasteiger charge is -2.44. The Morgan fingerprint density at radius 1 is 1.05 bits per heavy atom. The van der Waals surface area contributed by atoms with Gasteiger partial charge in [-0.15, -0.1) is 0 Å². The molecule has 10 nitrogen and oxygen atoms in total. The van der Waals surface area contributed by atoms with Crippen molar-refractivity contribution in [1.82, 2.24) is 4.72 Å². The number of benzene rings is 2. The van der Waals surface area contributed by atoms with Crippen molar-refractivity contribution in [2.24, 2.45) is 17.8 Å². The zero-order valence-corrected chi connectivity index (χ0v) is 25.5. The number of hydrogen-bond donors (Lipinski definition) is 5. The number of hydrogen-bond acceptors (Lipinski definition) is 8. The van der Waals surface area contributed by atoms with Crippen molar-refractivity contribution in [2.45, 2.75) is 60.6 Å². The van der Waals surface area contributed by atoms with Crippen LogP contribution in [-0.2, 0) is 19.9 Å². The predicted octanol–water partition coefficient (Wildman–Crippen LogP) is 2.61. The molecule has 2 aliphatic carbocycles. The number of anilines is 1. The molecule has 16 heteroatoms. The van der Waals surface area contributed by atoms with Crippen LogP contribution >= 0.6 is 11.6 Å². The van der Waals surface area contributed by atoms with Gasteiger partial charge in [-0.1, -0.05) is 18.5 Å². The lowest BCUT2D eigenvalue weighted by molar-refractivity contribution is -0.111. The van der Waals surface area contributed by atoms with Gasteiger partial charge in [0.25, 0.3) is 5.91 Å². The van der Waals surface area contributed by atoms with E-state index in [0.29, 0.717) is 18.6 Å². The first kappa shape index (κ1) is 33.6. The minimum atomic E-state index is -4.19. The van der Waals surface area contributed by atoms with Crippen LogP contribution in [0.25, 0.3) is 0 Å². The average molecular weight is 669 g/mol. The van der Waals surface area contributed by atoms with Gasteiger partial charge in [0.05, 0.1) is 39.2 Å². The van der Waals surface area contributed by atoms with Gasteiger partial charge in [0.1, 0.15) is 0 Å². The molecule has 5 N–H and O–H groups in total. The van der Waals surface area contributed by atoms with Crippen molar-refractivity contribution >= 4 is 43.1 Å². The summed E-state index contributed by atoms with van der Waals surface area (Å²) in [5.41, 5.74) is -2.11. The average Bonchev–Trinajstić information content (AvgIpc) is 3.02. The smallest absolute Gasteiger partial charge is 0.255 e. The molecule has 0 aromatic heterocycles. The van der Waals surface area contributed by atoms with Crippen LogP contribution in [0.3, 0.4) is 0 Å². The Morgan fingerprint density at radius 2 is 1.67 bits per heavy atom. The van der Waals surface area contributed by atoms with Gasteiger partial charge in [-0.25, -0.2) is 34.7 Å². The summed E-state index contributed by atoms with van der Waals surface area (Å²) in [6.45, 7) is 1.38. The van der Waals surface area contributed by atoms with Crippen LogP contribution in [0.4, 0.5) is 18.9 Å². The molecule has 2 saturated carbocycles. The number of aliphatic hydroxyl groups excluding tert-OH is 2. The second-order valence-electron chi connectivity index (χ2n) is 11.5. The summed E-state index contributed by atoms with van der Waals surface area (Å²) in [7, 11) is -7.82. The number of sulfone groups is 1. The molecule has 4 rings (SSSR count). The third-order valence-electron chi connectivity index (χ3n) is 8.47. The Bertz CT molecular complexity index is 1600. The third kappa shape index (κ3) is 7.02. The molecule has 2 aliphatic rings. The van der Waals surface area contributed by atoms with E-state index in [2.05, 4.69) is 10.0 Å². The molecule has 43 heavy (non-hydrogen) atoms. The molecule has 2 aromatic carbocycles. The fourth-order valence-electron chi connectivity index (χ4n) is 6.33. The fraction of sp³-hybridized carbons (Fsp3) is 0.519. The predicted molar refractivity (Wildman–Crippen MR) is 151 cm³/mol. The SMILES string of the molecule is C[C@H]1CC2C[C@@H](S(=O)(=O)c3cc(C(=O)Nc4cc(F)c(F)c(F)c4)ccc3Cl)CC1[C@@]2(O)CC(O)C(O)CNS(C)(=O)=O. The molecule has 2 bridgehead atoms. The first-order valence-electron chi connectivity index (χ1n) is 13.4. The second-order valence-corrected chi connectivity index (χ2v) is 15.9. The summed E-state index contributed by atoms with van der Waals surface area (Å²) >= 11 is 6.25.